The lowest BCUT2D eigenvalue weighted by Crippen LogP contribution is -2.26. The molecule has 0 radical (unpaired) electrons. The molecule has 3 nitrogen and oxygen atoms in total. The molecule has 0 aliphatic heterocycles. The Balaban J connectivity index is 1.84. The fourth-order valence-corrected chi connectivity index (χ4v) is 2.75. The topological polar surface area (TPSA) is 36.1 Å². The predicted octanol–water partition coefficient (Wildman–Crippen LogP) is 4.20. The van der Waals surface area contributed by atoms with Crippen LogP contribution in [0.2, 0.25) is 0 Å². The minimum absolute atomic E-state index is 0.0468. The predicted molar refractivity (Wildman–Crippen MR) is 90.0 cm³/mol. The van der Waals surface area contributed by atoms with Gasteiger partial charge in [-0.3, -0.25) is 4.79 Å². The third-order valence-corrected chi connectivity index (χ3v) is 4.23. The van der Waals surface area contributed by atoms with E-state index < -0.39 is 0 Å². The van der Waals surface area contributed by atoms with Crippen molar-refractivity contribution in [1.82, 2.24) is 9.88 Å². The number of aromatic amines is 1. The molecule has 0 spiro atoms. The summed E-state index contributed by atoms with van der Waals surface area (Å²) in [4.78, 5) is 17.6. The fourth-order valence-electron chi connectivity index (χ4n) is 2.75. The number of carbonyl (C=O) groups excluding carboxylic acids is 1. The summed E-state index contributed by atoms with van der Waals surface area (Å²) in [6.07, 6.45) is 0. The molecule has 3 rings (SSSR count). The van der Waals surface area contributed by atoms with Crippen molar-refractivity contribution < 1.29 is 9.18 Å². The molecule has 4 heteroatoms. The minimum atomic E-state index is -0.272. The molecule has 118 valence electrons. The zero-order valence-electron chi connectivity index (χ0n) is 13.5. The molecule has 1 aromatic heterocycles. The van der Waals surface area contributed by atoms with Crippen LogP contribution in [0.25, 0.3) is 10.9 Å². The van der Waals surface area contributed by atoms with Crippen molar-refractivity contribution >= 4 is 16.8 Å². The van der Waals surface area contributed by atoms with Crippen molar-refractivity contribution in [1.29, 1.82) is 0 Å². The first-order valence-corrected chi connectivity index (χ1v) is 7.54. The summed E-state index contributed by atoms with van der Waals surface area (Å²) in [6, 6.07) is 11.9. The zero-order chi connectivity index (χ0) is 16.6. The standard InChI is InChI=1S/C19H19FN2O/c1-12-13(2)21-18-9-6-15(10-17(12)18)19(23)22(3)11-14-4-7-16(20)8-5-14/h4-10,21H,11H2,1-3H3. The Bertz CT molecular complexity index is 865. The summed E-state index contributed by atoms with van der Waals surface area (Å²) in [5.74, 6) is -0.319. The summed E-state index contributed by atoms with van der Waals surface area (Å²) in [6.45, 7) is 4.52. The Morgan fingerprint density at radius 3 is 2.52 bits per heavy atom. The number of benzene rings is 2. The molecule has 0 aliphatic rings. The van der Waals surface area contributed by atoms with Gasteiger partial charge in [0.05, 0.1) is 0 Å². The van der Waals surface area contributed by atoms with Crippen molar-refractivity contribution in [3.63, 3.8) is 0 Å². The number of nitrogens with one attached hydrogen (secondary N) is 1. The van der Waals surface area contributed by atoms with E-state index in [4.69, 9.17) is 0 Å². The Labute approximate surface area is 134 Å². The summed E-state index contributed by atoms with van der Waals surface area (Å²) < 4.78 is 13.0. The quantitative estimate of drug-likeness (QED) is 0.773. The van der Waals surface area contributed by atoms with Crippen LogP contribution in [0.3, 0.4) is 0 Å². The lowest BCUT2D eigenvalue weighted by Gasteiger charge is -2.17. The molecule has 0 unspecified atom stereocenters. The van der Waals surface area contributed by atoms with Gasteiger partial charge in [-0.1, -0.05) is 12.1 Å². The van der Waals surface area contributed by atoms with Gasteiger partial charge in [-0.15, -0.1) is 0 Å². The van der Waals surface area contributed by atoms with Gasteiger partial charge < -0.3 is 9.88 Å². The van der Waals surface area contributed by atoms with Crippen LogP contribution in [0.4, 0.5) is 4.39 Å². The molecular weight excluding hydrogens is 291 g/mol. The number of hydrogen-bond acceptors (Lipinski definition) is 1. The van der Waals surface area contributed by atoms with E-state index in [1.807, 2.05) is 32.0 Å². The van der Waals surface area contributed by atoms with E-state index >= 15 is 0 Å². The number of rotatable bonds is 3. The number of carbonyl (C=O) groups is 1. The van der Waals surface area contributed by atoms with Crippen molar-refractivity contribution in [2.45, 2.75) is 20.4 Å². The largest absolute Gasteiger partial charge is 0.358 e. The first-order valence-electron chi connectivity index (χ1n) is 7.54. The van der Waals surface area contributed by atoms with Gasteiger partial charge in [0.2, 0.25) is 0 Å². The van der Waals surface area contributed by atoms with E-state index in [9.17, 15) is 9.18 Å². The normalized spacial score (nSPS) is 11.0. The van der Waals surface area contributed by atoms with E-state index in [1.165, 1.54) is 12.1 Å². The maximum absolute atomic E-state index is 13.0. The first-order chi connectivity index (χ1) is 11.0. The molecule has 0 atom stereocenters. The number of aryl methyl sites for hydroxylation is 2. The highest BCUT2D eigenvalue weighted by molar-refractivity contribution is 5.98. The molecule has 0 saturated heterocycles. The lowest BCUT2D eigenvalue weighted by molar-refractivity contribution is 0.0785. The maximum Gasteiger partial charge on any atom is 0.253 e. The number of fused-ring (bicyclic) bond motifs is 1. The number of aromatic nitrogens is 1. The Kier molecular flexibility index (Phi) is 3.90. The smallest absolute Gasteiger partial charge is 0.253 e. The molecular formula is C19H19FN2O. The highest BCUT2D eigenvalue weighted by atomic mass is 19.1. The zero-order valence-corrected chi connectivity index (χ0v) is 13.5. The van der Waals surface area contributed by atoms with E-state index in [0.717, 1.165) is 27.7 Å². The molecule has 0 saturated carbocycles. The summed E-state index contributed by atoms with van der Waals surface area (Å²) in [5.41, 5.74) is 4.87. The SMILES string of the molecule is Cc1[nH]c2ccc(C(=O)N(C)Cc3ccc(F)cc3)cc2c1C. The Morgan fingerprint density at radius 1 is 1.13 bits per heavy atom. The van der Waals surface area contributed by atoms with Crippen LogP contribution >= 0.6 is 0 Å². The molecule has 2 aromatic carbocycles. The van der Waals surface area contributed by atoms with Crippen LogP contribution < -0.4 is 0 Å². The van der Waals surface area contributed by atoms with Crippen LogP contribution in [0.1, 0.15) is 27.2 Å². The summed E-state index contributed by atoms with van der Waals surface area (Å²) in [7, 11) is 1.76. The summed E-state index contributed by atoms with van der Waals surface area (Å²) >= 11 is 0. The highest BCUT2D eigenvalue weighted by Gasteiger charge is 2.14. The molecule has 0 bridgehead atoms. The van der Waals surface area contributed by atoms with Gasteiger partial charge in [0.15, 0.2) is 0 Å². The number of H-pyrrole nitrogens is 1. The monoisotopic (exact) mass is 310 g/mol. The second kappa shape index (κ2) is 5.88. The van der Waals surface area contributed by atoms with Crippen LogP contribution in [0.15, 0.2) is 42.5 Å². The fraction of sp³-hybridized carbons (Fsp3) is 0.211. The third-order valence-electron chi connectivity index (χ3n) is 4.23. The number of amides is 1. The summed E-state index contributed by atoms with van der Waals surface area (Å²) in [5, 5.41) is 1.07. The lowest BCUT2D eigenvalue weighted by atomic mass is 10.1. The number of nitrogens with zero attached hydrogens (tertiary/aromatic N) is 1. The third kappa shape index (κ3) is 2.97. The second-order valence-corrected chi connectivity index (χ2v) is 5.92. The van der Waals surface area contributed by atoms with E-state index in [0.29, 0.717) is 12.1 Å². The average molecular weight is 310 g/mol. The average Bonchev–Trinajstić information content (AvgIpc) is 2.83. The van der Waals surface area contributed by atoms with Crippen molar-refractivity contribution in [3.8, 4) is 0 Å². The second-order valence-electron chi connectivity index (χ2n) is 5.92. The highest BCUT2D eigenvalue weighted by Crippen LogP contribution is 2.23. The van der Waals surface area contributed by atoms with Gasteiger partial charge in [-0.05, 0) is 55.3 Å². The maximum atomic E-state index is 13.0. The van der Waals surface area contributed by atoms with E-state index in [-0.39, 0.29) is 11.7 Å². The Hall–Kier alpha value is -2.62. The van der Waals surface area contributed by atoms with Crippen LogP contribution in [-0.4, -0.2) is 22.8 Å². The van der Waals surface area contributed by atoms with Crippen LogP contribution in [0, 0.1) is 19.7 Å². The van der Waals surface area contributed by atoms with Crippen LogP contribution in [0.5, 0.6) is 0 Å². The van der Waals surface area contributed by atoms with Crippen molar-refractivity contribution in [3.05, 3.63) is 70.7 Å². The van der Waals surface area contributed by atoms with Gasteiger partial charge >= 0.3 is 0 Å². The Morgan fingerprint density at radius 2 is 1.83 bits per heavy atom. The molecule has 1 amide bonds. The molecule has 0 fully saturated rings. The molecule has 3 aromatic rings. The number of halogens is 1. The minimum Gasteiger partial charge on any atom is -0.358 e. The van der Waals surface area contributed by atoms with E-state index in [2.05, 4.69) is 4.98 Å². The molecule has 1 N–H and O–H groups in total. The van der Waals surface area contributed by atoms with E-state index in [1.54, 1.807) is 24.1 Å². The number of hydrogen-bond donors (Lipinski definition) is 1. The van der Waals surface area contributed by atoms with Gasteiger partial charge in [-0.25, -0.2) is 4.39 Å². The van der Waals surface area contributed by atoms with Crippen LogP contribution in [-0.2, 0) is 6.54 Å². The molecule has 23 heavy (non-hydrogen) atoms. The van der Waals surface area contributed by atoms with Gasteiger partial charge in [0, 0.05) is 35.8 Å². The van der Waals surface area contributed by atoms with Crippen molar-refractivity contribution in [2.75, 3.05) is 7.05 Å². The first kappa shape index (κ1) is 15.3. The molecule has 1 heterocycles. The molecule has 0 aliphatic carbocycles. The van der Waals surface area contributed by atoms with Gasteiger partial charge in [0.1, 0.15) is 5.82 Å². The van der Waals surface area contributed by atoms with Crippen molar-refractivity contribution in [2.24, 2.45) is 0 Å². The van der Waals surface area contributed by atoms with Gasteiger partial charge in [-0.2, -0.15) is 0 Å². The van der Waals surface area contributed by atoms with Gasteiger partial charge in [0.25, 0.3) is 5.91 Å².